The lowest BCUT2D eigenvalue weighted by molar-refractivity contribution is -0.383. The van der Waals surface area contributed by atoms with Gasteiger partial charge in [0.2, 0.25) is 0 Å². The molecule has 1 fully saturated rings. The van der Waals surface area contributed by atoms with Crippen molar-refractivity contribution >= 4 is 29.0 Å². The fourth-order valence-corrected chi connectivity index (χ4v) is 2.04. The molecule has 0 spiro atoms. The summed E-state index contributed by atoms with van der Waals surface area (Å²) in [6.45, 7) is 6.77. The number of nitro groups is 1. The molecule has 1 aliphatic rings. The Morgan fingerprint density at radius 1 is 1.28 bits per heavy atom. The Morgan fingerprint density at radius 3 is 2.48 bits per heavy atom. The van der Waals surface area contributed by atoms with Gasteiger partial charge >= 0.3 is 11.9 Å². The Balaban J connectivity index is 2.21. The Morgan fingerprint density at radius 2 is 1.92 bits per heavy atom. The highest BCUT2D eigenvalue weighted by molar-refractivity contribution is 6.15. The minimum Gasteiger partial charge on any atom is -0.419 e. The van der Waals surface area contributed by atoms with Crippen LogP contribution in [0.4, 0.5) is 17.1 Å². The number of benzene rings is 1. The van der Waals surface area contributed by atoms with Crippen molar-refractivity contribution in [2.75, 3.05) is 17.2 Å². The molecule has 132 valence electrons. The summed E-state index contributed by atoms with van der Waals surface area (Å²) in [4.78, 5) is 34.3. The van der Waals surface area contributed by atoms with E-state index >= 15 is 0 Å². The summed E-state index contributed by atoms with van der Waals surface area (Å²) >= 11 is 0. The Hall–Kier alpha value is -3.36. The number of nitrogens with zero attached hydrogens (tertiary/aromatic N) is 1. The topological polar surface area (TPSA) is 120 Å². The summed E-state index contributed by atoms with van der Waals surface area (Å²) in [5.74, 6) is -3.01. The minimum atomic E-state index is -1.33. The molecule has 0 radical (unpaired) electrons. The second kappa shape index (κ2) is 7.04. The van der Waals surface area contributed by atoms with E-state index in [0.29, 0.717) is 17.9 Å². The SMILES string of the molecule is C=CCNc1ccc(NC=C2C(=O)OC(C)(C)OC2=O)cc1[N+](=O)[O-]. The Kier molecular flexibility index (Phi) is 5.06. The molecule has 0 unspecified atom stereocenters. The molecule has 2 rings (SSSR count). The molecular weight excluding hydrogens is 330 g/mol. The third-order valence-electron chi connectivity index (χ3n) is 3.13. The lowest BCUT2D eigenvalue weighted by Gasteiger charge is -2.29. The van der Waals surface area contributed by atoms with Crippen LogP contribution < -0.4 is 10.6 Å². The number of rotatable bonds is 6. The fourth-order valence-electron chi connectivity index (χ4n) is 2.04. The lowest BCUT2D eigenvalue weighted by Crippen LogP contribution is -2.42. The largest absolute Gasteiger partial charge is 0.419 e. The van der Waals surface area contributed by atoms with E-state index in [1.165, 1.54) is 26.0 Å². The number of esters is 2. The maximum Gasteiger partial charge on any atom is 0.350 e. The van der Waals surface area contributed by atoms with Crippen LogP contribution in [0.5, 0.6) is 0 Å². The van der Waals surface area contributed by atoms with Crippen LogP contribution >= 0.6 is 0 Å². The van der Waals surface area contributed by atoms with Gasteiger partial charge in [0.25, 0.3) is 11.5 Å². The van der Waals surface area contributed by atoms with Gasteiger partial charge in [-0.05, 0) is 12.1 Å². The fraction of sp³-hybridized carbons (Fsp3) is 0.250. The van der Waals surface area contributed by atoms with Gasteiger partial charge in [0.1, 0.15) is 5.69 Å². The number of carbonyl (C=O) groups excluding carboxylic acids is 2. The molecule has 1 aliphatic heterocycles. The van der Waals surface area contributed by atoms with Crippen LogP contribution in [-0.4, -0.2) is 29.2 Å². The predicted octanol–water partition coefficient (Wildman–Crippen LogP) is 2.32. The van der Waals surface area contributed by atoms with E-state index in [1.807, 2.05) is 0 Å². The van der Waals surface area contributed by atoms with Crippen molar-refractivity contribution in [2.45, 2.75) is 19.6 Å². The van der Waals surface area contributed by atoms with E-state index < -0.39 is 22.6 Å². The van der Waals surface area contributed by atoms with Crippen molar-refractivity contribution in [3.05, 3.63) is 52.7 Å². The Bertz CT molecular complexity index is 747. The number of ether oxygens (including phenoxy) is 2. The zero-order valence-corrected chi connectivity index (χ0v) is 13.7. The summed E-state index contributed by atoms with van der Waals surface area (Å²) < 4.78 is 9.91. The third kappa shape index (κ3) is 4.34. The summed E-state index contributed by atoms with van der Waals surface area (Å²) in [5.41, 5.74) is 0.131. The van der Waals surface area contributed by atoms with Gasteiger partial charge in [-0.3, -0.25) is 10.1 Å². The van der Waals surface area contributed by atoms with Crippen molar-refractivity contribution in [1.82, 2.24) is 0 Å². The van der Waals surface area contributed by atoms with E-state index in [9.17, 15) is 19.7 Å². The van der Waals surface area contributed by atoms with Crippen LogP contribution in [0.15, 0.2) is 42.6 Å². The van der Waals surface area contributed by atoms with Crippen LogP contribution in [-0.2, 0) is 19.1 Å². The van der Waals surface area contributed by atoms with Crippen molar-refractivity contribution in [3.8, 4) is 0 Å². The molecule has 1 saturated heterocycles. The monoisotopic (exact) mass is 347 g/mol. The first-order chi connectivity index (χ1) is 11.7. The first-order valence-corrected chi connectivity index (χ1v) is 7.30. The number of nitro benzene ring substituents is 1. The molecule has 2 N–H and O–H groups in total. The standard InChI is InChI=1S/C16H17N3O6/c1-4-7-17-12-6-5-10(8-13(12)19(22)23)18-9-11-14(20)24-16(2,3)25-15(11)21/h4-6,8-9,17-18H,1,7H2,2-3H3. The average molecular weight is 347 g/mol. The average Bonchev–Trinajstić information content (AvgIpc) is 2.51. The number of hydrogen-bond donors (Lipinski definition) is 2. The van der Waals surface area contributed by atoms with Crippen molar-refractivity contribution < 1.29 is 24.0 Å². The first kappa shape index (κ1) is 18.0. The van der Waals surface area contributed by atoms with E-state index in [2.05, 4.69) is 17.2 Å². The van der Waals surface area contributed by atoms with E-state index in [0.717, 1.165) is 6.20 Å². The van der Waals surface area contributed by atoms with Gasteiger partial charge in [0, 0.05) is 38.3 Å². The van der Waals surface area contributed by atoms with Crippen LogP contribution in [0.25, 0.3) is 0 Å². The molecule has 1 aromatic rings. The van der Waals surface area contributed by atoms with Crippen molar-refractivity contribution in [2.24, 2.45) is 0 Å². The van der Waals surface area contributed by atoms with Gasteiger partial charge in [-0.25, -0.2) is 9.59 Å². The van der Waals surface area contributed by atoms with Gasteiger partial charge in [-0.1, -0.05) is 6.08 Å². The van der Waals surface area contributed by atoms with Crippen LogP contribution in [0.3, 0.4) is 0 Å². The quantitative estimate of drug-likeness (QED) is 0.201. The summed E-state index contributed by atoms with van der Waals surface area (Å²) in [5, 5.41) is 16.7. The van der Waals surface area contributed by atoms with Gasteiger partial charge in [-0.15, -0.1) is 6.58 Å². The van der Waals surface area contributed by atoms with E-state index in [1.54, 1.807) is 12.1 Å². The molecule has 0 aliphatic carbocycles. The predicted molar refractivity (Wildman–Crippen MR) is 89.8 cm³/mol. The summed E-state index contributed by atoms with van der Waals surface area (Å²) in [6, 6.07) is 4.33. The molecule has 0 atom stereocenters. The zero-order valence-electron chi connectivity index (χ0n) is 13.7. The normalized spacial score (nSPS) is 15.7. The maximum absolute atomic E-state index is 11.8. The minimum absolute atomic E-state index is 0.166. The second-order valence-electron chi connectivity index (χ2n) is 5.54. The number of nitrogens with one attached hydrogen (secondary N) is 2. The lowest BCUT2D eigenvalue weighted by atomic mass is 10.2. The van der Waals surface area contributed by atoms with Gasteiger partial charge in [0.05, 0.1) is 4.92 Å². The van der Waals surface area contributed by atoms with E-state index in [4.69, 9.17) is 9.47 Å². The highest BCUT2D eigenvalue weighted by Crippen LogP contribution is 2.28. The van der Waals surface area contributed by atoms with Crippen molar-refractivity contribution in [3.63, 3.8) is 0 Å². The smallest absolute Gasteiger partial charge is 0.350 e. The number of anilines is 2. The molecule has 9 nitrogen and oxygen atoms in total. The van der Waals surface area contributed by atoms with Crippen LogP contribution in [0, 0.1) is 10.1 Å². The molecule has 9 heteroatoms. The van der Waals surface area contributed by atoms with E-state index in [-0.39, 0.29) is 11.3 Å². The highest BCUT2D eigenvalue weighted by Gasteiger charge is 2.38. The zero-order chi connectivity index (χ0) is 18.6. The summed E-state index contributed by atoms with van der Waals surface area (Å²) in [7, 11) is 0. The maximum atomic E-state index is 11.8. The molecule has 25 heavy (non-hydrogen) atoms. The Labute approximate surface area is 143 Å². The van der Waals surface area contributed by atoms with Crippen LogP contribution in [0.1, 0.15) is 13.8 Å². The molecule has 0 bridgehead atoms. The molecule has 1 aromatic carbocycles. The third-order valence-corrected chi connectivity index (χ3v) is 3.13. The molecule has 1 heterocycles. The van der Waals surface area contributed by atoms with Gasteiger partial charge in [0.15, 0.2) is 5.57 Å². The first-order valence-electron chi connectivity index (χ1n) is 7.30. The molecule has 0 saturated carbocycles. The molecule has 0 amide bonds. The highest BCUT2D eigenvalue weighted by atomic mass is 16.7. The molecular formula is C16H17N3O6. The van der Waals surface area contributed by atoms with Crippen molar-refractivity contribution in [1.29, 1.82) is 0 Å². The summed E-state index contributed by atoms with van der Waals surface area (Å²) in [6.07, 6.45) is 2.66. The van der Waals surface area contributed by atoms with Gasteiger partial charge < -0.3 is 20.1 Å². The number of hydrogen-bond acceptors (Lipinski definition) is 8. The number of carbonyl (C=O) groups is 2. The second-order valence-corrected chi connectivity index (χ2v) is 5.54. The van der Waals surface area contributed by atoms with Gasteiger partial charge in [-0.2, -0.15) is 0 Å². The number of cyclic esters (lactones) is 2. The molecule has 0 aromatic heterocycles. The van der Waals surface area contributed by atoms with Crippen LogP contribution in [0.2, 0.25) is 0 Å².